The van der Waals surface area contributed by atoms with Crippen LogP contribution in [-0.2, 0) is 4.79 Å². The molecule has 3 aromatic rings. The summed E-state index contributed by atoms with van der Waals surface area (Å²) in [6.45, 7) is 1.81. The van der Waals surface area contributed by atoms with Gasteiger partial charge in [0.25, 0.3) is 5.91 Å². The summed E-state index contributed by atoms with van der Waals surface area (Å²) in [6, 6.07) is 12.5. The molecule has 1 heterocycles. The number of hydrogen-bond acceptors (Lipinski definition) is 2. The van der Waals surface area contributed by atoms with Crippen LogP contribution >= 0.6 is 27.5 Å². The molecule has 0 saturated carbocycles. The Morgan fingerprint density at radius 1 is 1.16 bits per heavy atom. The summed E-state index contributed by atoms with van der Waals surface area (Å²) in [5.74, 6) is -0.649. The average Bonchev–Trinajstić information content (AvgIpc) is 2.99. The van der Waals surface area contributed by atoms with Crippen molar-refractivity contribution < 1.29 is 9.59 Å². The van der Waals surface area contributed by atoms with Crippen molar-refractivity contribution in [3.63, 3.8) is 0 Å². The smallest absolute Gasteiger partial charge is 0.268 e. The number of fused-ring (bicyclic) bond motifs is 1. The molecule has 1 aromatic heterocycles. The minimum absolute atomic E-state index is 0.121. The number of anilines is 1. The predicted molar refractivity (Wildman–Crippen MR) is 103 cm³/mol. The van der Waals surface area contributed by atoms with Gasteiger partial charge in [-0.1, -0.05) is 27.5 Å². The summed E-state index contributed by atoms with van der Waals surface area (Å²) >= 11 is 9.35. The average molecular weight is 421 g/mol. The highest BCUT2D eigenvalue weighted by Gasteiger charge is 2.11. The van der Waals surface area contributed by atoms with Crippen LogP contribution in [0.1, 0.15) is 16.1 Å². The van der Waals surface area contributed by atoms with Crippen LogP contribution in [0.15, 0.2) is 46.9 Å². The maximum absolute atomic E-state index is 12.2. The third kappa shape index (κ3) is 4.21. The number of carbonyl (C=O) groups is 2. The third-order valence-corrected chi connectivity index (χ3v) is 4.80. The molecule has 0 atom stereocenters. The Morgan fingerprint density at radius 2 is 1.96 bits per heavy atom. The number of hydrogen-bond donors (Lipinski definition) is 3. The van der Waals surface area contributed by atoms with E-state index in [1.165, 1.54) is 0 Å². The van der Waals surface area contributed by atoms with E-state index >= 15 is 0 Å². The highest BCUT2D eigenvalue weighted by Crippen LogP contribution is 2.21. The summed E-state index contributed by atoms with van der Waals surface area (Å²) < 4.78 is 0.970. The van der Waals surface area contributed by atoms with Crippen LogP contribution in [0.5, 0.6) is 0 Å². The van der Waals surface area contributed by atoms with Crippen molar-refractivity contribution in [2.45, 2.75) is 6.92 Å². The SMILES string of the molecule is Cc1cc(NC(=O)CNC(=O)c2cc3cc(Cl)ccc3[nH]2)ccc1Br. The molecule has 3 N–H and O–H groups in total. The highest BCUT2D eigenvalue weighted by molar-refractivity contribution is 9.10. The molecule has 0 aliphatic heterocycles. The lowest BCUT2D eigenvalue weighted by atomic mass is 10.2. The molecule has 0 aliphatic rings. The van der Waals surface area contributed by atoms with E-state index in [-0.39, 0.29) is 18.4 Å². The molecule has 25 heavy (non-hydrogen) atoms. The Bertz CT molecular complexity index is 968. The molecular weight excluding hydrogens is 406 g/mol. The van der Waals surface area contributed by atoms with Crippen LogP contribution < -0.4 is 10.6 Å². The van der Waals surface area contributed by atoms with Gasteiger partial charge < -0.3 is 15.6 Å². The van der Waals surface area contributed by atoms with Gasteiger partial charge in [0.05, 0.1) is 6.54 Å². The van der Waals surface area contributed by atoms with Gasteiger partial charge in [-0.25, -0.2) is 0 Å². The van der Waals surface area contributed by atoms with Gasteiger partial charge in [-0.2, -0.15) is 0 Å². The molecule has 0 saturated heterocycles. The Hall–Kier alpha value is -2.31. The first-order chi connectivity index (χ1) is 11.9. The van der Waals surface area contributed by atoms with Crippen molar-refractivity contribution in [1.82, 2.24) is 10.3 Å². The minimum Gasteiger partial charge on any atom is -0.351 e. The second-order valence-electron chi connectivity index (χ2n) is 5.61. The number of aromatic amines is 1. The van der Waals surface area contributed by atoms with Crippen molar-refractivity contribution in [3.05, 3.63) is 63.2 Å². The predicted octanol–water partition coefficient (Wildman–Crippen LogP) is 4.26. The third-order valence-electron chi connectivity index (χ3n) is 3.68. The van der Waals surface area contributed by atoms with E-state index in [2.05, 4.69) is 31.5 Å². The maximum Gasteiger partial charge on any atom is 0.268 e. The van der Waals surface area contributed by atoms with Gasteiger partial charge in [0, 0.05) is 26.1 Å². The summed E-state index contributed by atoms with van der Waals surface area (Å²) in [5.41, 5.74) is 2.88. The van der Waals surface area contributed by atoms with E-state index in [1.807, 2.05) is 19.1 Å². The second kappa shape index (κ2) is 7.29. The molecule has 0 fully saturated rings. The Balaban J connectivity index is 1.60. The fraction of sp³-hybridized carbons (Fsp3) is 0.111. The summed E-state index contributed by atoms with van der Waals surface area (Å²) in [4.78, 5) is 27.2. The quantitative estimate of drug-likeness (QED) is 0.590. The zero-order chi connectivity index (χ0) is 18.0. The van der Waals surface area contributed by atoms with Crippen LogP contribution in [0.2, 0.25) is 5.02 Å². The van der Waals surface area contributed by atoms with Gasteiger partial charge in [-0.3, -0.25) is 9.59 Å². The second-order valence-corrected chi connectivity index (χ2v) is 6.90. The van der Waals surface area contributed by atoms with Gasteiger partial charge in [-0.15, -0.1) is 0 Å². The van der Waals surface area contributed by atoms with Crippen LogP contribution in [0.25, 0.3) is 10.9 Å². The van der Waals surface area contributed by atoms with Gasteiger partial charge in [-0.05, 0) is 55.0 Å². The number of halogens is 2. The Morgan fingerprint density at radius 3 is 2.72 bits per heavy atom. The molecule has 0 bridgehead atoms. The molecule has 128 valence electrons. The molecular formula is C18H15BrClN3O2. The molecule has 5 nitrogen and oxygen atoms in total. The number of benzene rings is 2. The topological polar surface area (TPSA) is 74.0 Å². The minimum atomic E-state index is -0.352. The van der Waals surface area contributed by atoms with Gasteiger partial charge in [0.15, 0.2) is 0 Å². The first-order valence-corrected chi connectivity index (χ1v) is 8.72. The fourth-order valence-electron chi connectivity index (χ4n) is 2.41. The van der Waals surface area contributed by atoms with Crippen molar-refractivity contribution in [2.75, 3.05) is 11.9 Å². The number of aryl methyl sites for hydroxylation is 1. The maximum atomic E-state index is 12.2. The molecule has 2 amide bonds. The van der Waals surface area contributed by atoms with Gasteiger partial charge in [0.2, 0.25) is 5.91 Å². The van der Waals surface area contributed by atoms with E-state index < -0.39 is 0 Å². The zero-order valence-electron chi connectivity index (χ0n) is 13.3. The first kappa shape index (κ1) is 17.5. The highest BCUT2D eigenvalue weighted by atomic mass is 79.9. The van der Waals surface area contributed by atoms with Crippen LogP contribution in [-0.4, -0.2) is 23.3 Å². The summed E-state index contributed by atoms with van der Waals surface area (Å²) in [6.07, 6.45) is 0. The lowest BCUT2D eigenvalue weighted by Gasteiger charge is -2.08. The number of amides is 2. The zero-order valence-corrected chi connectivity index (χ0v) is 15.7. The fourth-order valence-corrected chi connectivity index (χ4v) is 2.84. The lowest BCUT2D eigenvalue weighted by Crippen LogP contribution is -2.33. The molecule has 2 aromatic carbocycles. The van der Waals surface area contributed by atoms with E-state index in [4.69, 9.17) is 11.6 Å². The molecule has 7 heteroatoms. The Kier molecular flexibility index (Phi) is 5.11. The first-order valence-electron chi connectivity index (χ1n) is 7.55. The van der Waals surface area contributed by atoms with E-state index in [9.17, 15) is 9.59 Å². The van der Waals surface area contributed by atoms with E-state index in [1.54, 1.807) is 30.3 Å². The van der Waals surface area contributed by atoms with Crippen molar-refractivity contribution in [3.8, 4) is 0 Å². The molecule has 0 unspecified atom stereocenters. The van der Waals surface area contributed by atoms with Crippen LogP contribution in [0, 0.1) is 6.92 Å². The standard InChI is InChI=1S/C18H15BrClN3O2/c1-10-6-13(3-4-14(10)19)22-17(24)9-21-18(25)16-8-11-7-12(20)2-5-15(11)23-16/h2-8,23H,9H2,1H3,(H,21,25)(H,22,24). The number of carbonyl (C=O) groups excluding carboxylic acids is 2. The van der Waals surface area contributed by atoms with E-state index in [0.29, 0.717) is 16.4 Å². The molecule has 3 rings (SSSR count). The van der Waals surface area contributed by atoms with Crippen LogP contribution in [0.3, 0.4) is 0 Å². The van der Waals surface area contributed by atoms with Crippen molar-refractivity contribution >= 4 is 55.9 Å². The monoisotopic (exact) mass is 419 g/mol. The van der Waals surface area contributed by atoms with Crippen molar-refractivity contribution in [2.24, 2.45) is 0 Å². The summed E-state index contributed by atoms with van der Waals surface area (Å²) in [7, 11) is 0. The van der Waals surface area contributed by atoms with Gasteiger partial charge in [0.1, 0.15) is 5.69 Å². The van der Waals surface area contributed by atoms with E-state index in [0.717, 1.165) is 20.9 Å². The van der Waals surface area contributed by atoms with Crippen LogP contribution in [0.4, 0.5) is 5.69 Å². The molecule has 0 aliphatic carbocycles. The van der Waals surface area contributed by atoms with Crippen molar-refractivity contribution in [1.29, 1.82) is 0 Å². The number of rotatable bonds is 4. The van der Waals surface area contributed by atoms with Gasteiger partial charge >= 0.3 is 0 Å². The largest absolute Gasteiger partial charge is 0.351 e. The molecule has 0 radical (unpaired) electrons. The molecule has 0 spiro atoms. The Labute approximate surface area is 157 Å². The number of aromatic nitrogens is 1. The number of H-pyrrole nitrogens is 1. The lowest BCUT2D eigenvalue weighted by molar-refractivity contribution is -0.115. The number of nitrogens with one attached hydrogen (secondary N) is 3. The normalized spacial score (nSPS) is 10.7. The summed E-state index contributed by atoms with van der Waals surface area (Å²) in [5, 5.41) is 6.78.